The Labute approximate surface area is 212 Å². The molecule has 1 aliphatic heterocycles. The second-order valence-electron chi connectivity index (χ2n) is 8.45. The monoisotopic (exact) mass is 531 g/mol. The number of aliphatic hydroxyl groups is 1. The van der Waals surface area contributed by atoms with Crippen LogP contribution in [0, 0.1) is 5.82 Å². The number of carbonyl (C=O) groups is 2. The first-order chi connectivity index (χ1) is 17.0. The van der Waals surface area contributed by atoms with Crippen molar-refractivity contribution in [2.24, 2.45) is 0 Å². The number of urea groups is 1. The molecule has 11 heteroatoms. The molecule has 0 aromatic heterocycles. The van der Waals surface area contributed by atoms with E-state index in [-0.39, 0.29) is 34.7 Å². The molecule has 1 fully saturated rings. The van der Waals surface area contributed by atoms with Crippen LogP contribution < -0.4 is 10.6 Å². The summed E-state index contributed by atoms with van der Waals surface area (Å²) in [4.78, 5) is 26.9. The SMILES string of the molecule is CS(=O)(=O)c1ccccc1-c1ccc(NC(=O)C2CC(O)CN2C(=O)Nc2ccc(Cl)cc2)cc1F. The molecular formula is C25H23ClFN3O5S. The molecule has 1 heterocycles. The van der Waals surface area contributed by atoms with E-state index in [1.807, 2.05) is 0 Å². The maximum atomic E-state index is 15.0. The van der Waals surface area contributed by atoms with Gasteiger partial charge in [0.1, 0.15) is 11.9 Å². The number of anilines is 2. The van der Waals surface area contributed by atoms with Crippen molar-refractivity contribution in [3.8, 4) is 11.1 Å². The largest absolute Gasteiger partial charge is 0.391 e. The molecular weight excluding hydrogens is 509 g/mol. The molecule has 0 saturated carbocycles. The molecule has 0 radical (unpaired) electrons. The van der Waals surface area contributed by atoms with Crippen LogP contribution in [0.15, 0.2) is 71.6 Å². The van der Waals surface area contributed by atoms with Gasteiger partial charge in [-0.05, 0) is 48.5 Å². The summed E-state index contributed by atoms with van der Waals surface area (Å²) in [5.41, 5.74) is 0.864. The fourth-order valence-electron chi connectivity index (χ4n) is 4.06. The minimum absolute atomic E-state index is 0.0111. The molecule has 36 heavy (non-hydrogen) atoms. The summed E-state index contributed by atoms with van der Waals surface area (Å²) in [7, 11) is -3.59. The maximum Gasteiger partial charge on any atom is 0.322 e. The summed E-state index contributed by atoms with van der Waals surface area (Å²) in [5.74, 6) is -1.32. The zero-order valence-electron chi connectivity index (χ0n) is 19.1. The number of rotatable bonds is 5. The number of nitrogens with one attached hydrogen (secondary N) is 2. The van der Waals surface area contributed by atoms with Gasteiger partial charge in [-0.25, -0.2) is 17.6 Å². The summed E-state index contributed by atoms with van der Waals surface area (Å²) >= 11 is 5.86. The van der Waals surface area contributed by atoms with Crippen LogP contribution >= 0.6 is 11.6 Å². The third kappa shape index (κ3) is 5.67. The van der Waals surface area contributed by atoms with Gasteiger partial charge in [0.05, 0.1) is 11.0 Å². The number of halogens is 2. The van der Waals surface area contributed by atoms with Crippen molar-refractivity contribution in [1.82, 2.24) is 4.90 Å². The van der Waals surface area contributed by atoms with Crippen molar-refractivity contribution in [3.05, 3.63) is 77.6 Å². The average Bonchev–Trinajstić information content (AvgIpc) is 3.22. The molecule has 3 amide bonds. The molecule has 1 saturated heterocycles. The first-order valence-electron chi connectivity index (χ1n) is 10.9. The lowest BCUT2D eigenvalue weighted by Gasteiger charge is -2.24. The van der Waals surface area contributed by atoms with Crippen LogP contribution in [0.4, 0.5) is 20.6 Å². The number of sulfone groups is 1. The first-order valence-corrected chi connectivity index (χ1v) is 13.2. The van der Waals surface area contributed by atoms with Crippen LogP contribution in [-0.2, 0) is 14.6 Å². The van der Waals surface area contributed by atoms with Gasteiger partial charge < -0.3 is 20.6 Å². The second kappa shape index (κ2) is 10.3. The van der Waals surface area contributed by atoms with Gasteiger partial charge in [0, 0.05) is 46.7 Å². The quantitative estimate of drug-likeness (QED) is 0.457. The van der Waals surface area contributed by atoms with Gasteiger partial charge in [-0.2, -0.15) is 0 Å². The standard InChI is InChI=1S/C25H23ClFN3O5S/c1-36(34,35)23-5-3-2-4-20(23)19-11-10-17(12-21(19)27)28-24(32)22-13-18(31)14-30(22)25(33)29-16-8-6-15(26)7-9-16/h2-12,18,22,31H,13-14H2,1H3,(H,28,32)(H,29,33). The van der Waals surface area contributed by atoms with E-state index >= 15 is 0 Å². The van der Waals surface area contributed by atoms with E-state index in [0.717, 1.165) is 12.3 Å². The Morgan fingerprint density at radius 1 is 1.00 bits per heavy atom. The van der Waals surface area contributed by atoms with Crippen LogP contribution in [0.2, 0.25) is 5.02 Å². The van der Waals surface area contributed by atoms with Gasteiger partial charge in [-0.1, -0.05) is 29.8 Å². The lowest BCUT2D eigenvalue weighted by atomic mass is 10.0. The molecule has 0 aliphatic carbocycles. The minimum Gasteiger partial charge on any atom is -0.391 e. The summed E-state index contributed by atoms with van der Waals surface area (Å²) < 4.78 is 39.2. The molecule has 3 N–H and O–H groups in total. The molecule has 2 atom stereocenters. The topological polar surface area (TPSA) is 116 Å². The van der Waals surface area contributed by atoms with Crippen molar-refractivity contribution in [2.75, 3.05) is 23.4 Å². The lowest BCUT2D eigenvalue weighted by Crippen LogP contribution is -2.45. The number of aliphatic hydroxyl groups excluding tert-OH is 1. The van der Waals surface area contributed by atoms with Crippen molar-refractivity contribution < 1.29 is 27.5 Å². The Morgan fingerprint density at radius 2 is 1.67 bits per heavy atom. The third-order valence-corrected chi connectivity index (χ3v) is 7.16. The molecule has 0 spiro atoms. The number of nitrogens with zero attached hydrogens (tertiary/aromatic N) is 1. The van der Waals surface area contributed by atoms with Crippen LogP contribution in [0.3, 0.4) is 0 Å². The number of β-amino-alcohol motifs (C(OH)–C–C–N with tert-alkyl or cyclic N) is 1. The van der Waals surface area contributed by atoms with Gasteiger partial charge in [0.2, 0.25) is 5.91 Å². The molecule has 1 aliphatic rings. The second-order valence-corrected chi connectivity index (χ2v) is 10.9. The van der Waals surface area contributed by atoms with E-state index in [0.29, 0.717) is 10.7 Å². The van der Waals surface area contributed by atoms with E-state index in [1.54, 1.807) is 36.4 Å². The Hall–Kier alpha value is -3.47. The van der Waals surface area contributed by atoms with Gasteiger partial charge in [-0.3, -0.25) is 4.79 Å². The van der Waals surface area contributed by atoms with Crippen LogP contribution in [-0.4, -0.2) is 55.3 Å². The van der Waals surface area contributed by atoms with Gasteiger partial charge in [0.15, 0.2) is 9.84 Å². The maximum absolute atomic E-state index is 15.0. The highest BCUT2D eigenvalue weighted by atomic mass is 35.5. The minimum atomic E-state index is -3.59. The van der Waals surface area contributed by atoms with E-state index in [2.05, 4.69) is 10.6 Å². The molecule has 8 nitrogen and oxygen atoms in total. The molecule has 0 bridgehead atoms. The van der Waals surface area contributed by atoms with E-state index < -0.39 is 39.7 Å². The normalized spacial score (nSPS) is 17.6. The number of hydrogen-bond donors (Lipinski definition) is 3. The van der Waals surface area contributed by atoms with E-state index in [1.165, 1.54) is 29.2 Å². The number of benzene rings is 3. The van der Waals surface area contributed by atoms with Crippen molar-refractivity contribution >= 4 is 44.8 Å². The average molecular weight is 532 g/mol. The zero-order chi connectivity index (χ0) is 26.0. The summed E-state index contributed by atoms with van der Waals surface area (Å²) in [6, 6.07) is 14.8. The van der Waals surface area contributed by atoms with E-state index in [9.17, 15) is 27.5 Å². The highest BCUT2D eigenvalue weighted by Gasteiger charge is 2.39. The van der Waals surface area contributed by atoms with Crippen LogP contribution in [0.25, 0.3) is 11.1 Å². The first kappa shape index (κ1) is 25.6. The summed E-state index contributed by atoms with van der Waals surface area (Å²) in [5, 5.41) is 15.8. The molecule has 3 aromatic carbocycles. The zero-order valence-corrected chi connectivity index (χ0v) is 20.7. The number of likely N-dealkylation sites (tertiary alicyclic amines) is 1. The molecule has 3 aromatic rings. The summed E-state index contributed by atoms with van der Waals surface area (Å²) in [6.07, 6.45) is 0.161. The third-order valence-electron chi connectivity index (χ3n) is 5.75. The van der Waals surface area contributed by atoms with Crippen molar-refractivity contribution in [3.63, 3.8) is 0 Å². The highest BCUT2D eigenvalue weighted by Crippen LogP contribution is 2.31. The molecule has 2 unspecified atom stereocenters. The Kier molecular flexibility index (Phi) is 7.30. The Bertz CT molecular complexity index is 1420. The van der Waals surface area contributed by atoms with Gasteiger partial charge >= 0.3 is 6.03 Å². The predicted octanol–water partition coefficient (Wildman–Crippen LogP) is 4.16. The van der Waals surface area contributed by atoms with Crippen LogP contribution in [0.1, 0.15) is 6.42 Å². The summed E-state index contributed by atoms with van der Waals surface area (Å²) in [6.45, 7) is -0.0485. The van der Waals surface area contributed by atoms with Crippen molar-refractivity contribution in [2.45, 2.75) is 23.5 Å². The Balaban J connectivity index is 1.51. The van der Waals surface area contributed by atoms with Gasteiger partial charge in [0.25, 0.3) is 0 Å². The lowest BCUT2D eigenvalue weighted by molar-refractivity contribution is -0.119. The highest BCUT2D eigenvalue weighted by molar-refractivity contribution is 7.90. The van der Waals surface area contributed by atoms with Crippen molar-refractivity contribution in [1.29, 1.82) is 0 Å². The number of hydrogen-bond acceptors (Lipinski definition) is 5. The number of carbonyl (C=O) groups excluding carboxylic acids is 2. The fraction of sp³-hybridized carbons (Fsp3) is 0.200. The predicted molar refractivity (Wildman–Crippen MR) is 135 cm³/mol. The van der Waals surface area contributed by atoms with Gasteiger partial charge in [-0.15, -0.1) is 0 Å². The molecule has 188 valence electrons. The van der Waals surface area contributed by atoms with E-state index in [4.69, 9.17) is 11.6 Å². The van der Waals surface area contributed by atoms with Crippen LogP contribution in [0.5, 0.6) is 0 Å². The fourth-order valence-corrected chi connectivity index (χ4v) is 5.09. The smallest absolute Gasteiger partial charge is 0.322 e. The number of amides is 3. The Morgan fingerprint density at radius 3 is 2.33 bits per heavy atom. The molecule has 4 rings (SSSR count).